The minimum absolute atomic E-state index is 0.287. The lowest BCUT2D eigenvalue weighted by Gasteiger charge is -2.28. The first-order chi connectivity index (χ1) is 15.3. The van der Waals surface area contributed by atoms with E-state index in [1.807, 2.05) is 29.5 Å². The fraction of sp³-hybridized carbons (Fsp3) is 0.400. The van der Waals surface area contributed by atoms with Gasteiger partial charge in [-0.3, -0.25) is 9.47 Å². The molecule has 31 heavy (non-hydrogen) atoms. The molecule has 0 spiro atoms. The van der Waals surface area contributed by atoms with Gasteiger partial charge in [-0.2, -0.15) is 0 Å². The monoisotopic (exact) mass is 412 g/mol. The zero-order valence-corrected chi connectivity index (χ0v) is 17.7. The third-order valence-electron chi connectivity index (χ3n) is 6.95. The Hall–Kier alpha value is -2.99. The molecule has 0 aromatic carbocycles. The first-order valence-corrected chi connectivity index (χ1v) is 11.4. The highest BCUT2D eigenvalue weighted by molar-refractivity contribution is 5.88. The van der Waals surface area contributed by atoms with Gasteiger partial charge in [-0.25, -0.2) is 15.0 Å². The van der Waals surface area contributed by atoms with Gasteiger partial charge in [0, 0.05) is 60.9 Å². The van der Waals surface area contributed by atoms with E-state index in [-0.39, 0.29) is 5.92 Å². The SMILES string of the molecule is C1=CC(c2cnc3c(c2)C2CC(n4ccnc4)=NC=C2N3)CC=C1CN1CCCCC1. The summed E-state index contributed by atoms with van der Waals surface area (Å²) < 4.78 is 2.00. The van der Waals surface area contributed by atoms with Gasteiger partial charge in [-0.1, -0.05) is 24.6 Å². The van der Waals surface area contributed by atoms with E-state index in [4.69, 9.17) is 4.98 Å². The fourth-order valence-electron chi connectivity index (χ4n) is 5.17. The highest BCUT2D eigenvalue weighted by atomic mass is 15.1. The smallest absolute Gasteiger partial charge is 0.134 e. The molecule has 2 aromatic heterocycles. The van der Waals surface area contributed by atoms with Crippen molar-refractivity contribution in [3.05, 3.63) is 77.8 Å². The van der Waals surface area contributed by atoms with Crippen LogP contribution in [-0.2, 0) is 0 Å². The number of fused-ring (bicyclic) bond motifs is 3. The van der Waals surface area contributed by atoms with Crippen LogP contribution >= 0.6 is 0 Å². The number of hydrogen-bond acceptors (Lipinski definition) is 5. The normalized spacial score (nSPS) is 25.2. The number of likely N-dealkylation sites (tertiary alicyclic amines) is 1. The average Bonchev–Trinajstić information content (AvgIpc) is 3.48. The van der Waals surface area contributed by atoms with Crippen LogP contribution in [0.3, 0.4) is 0 Å². The van der Waals surface area contributed by atoms with Crippen LogP contribution in [0, 0.1) is 0 Å². The molecule has 2 aromatic rings. The van der Waals surface area contributed by atoms with E-state index in [1.165, 1.54) is 49.1 Å². The first kappa shape index (κ1) is 18.8. The largest absolute Gasteiger partial charge is 0.342 e. The predicted molar refractivity (Wildman–Crippen MR) is 123 cm³/mol. The summed E-state index contributed by atoms with van der Waals surface area (Å²) in [4.78, 5) is 16.2. The number of pyridine rings is 1. The number of rotatable bonds is 3. The Kier molecular flexibility index (Phi) is 4.80. The lowest BCUT2D eigenvalue weighted by Crippen LogP contribution is -2.31. The van der Waals surface area contributed by atoms with Gasteiger partial charge in [0.1, 0.15) is 18.0 Å². The van der Waals surface area contributed by atoms with Gasteiger partial charge < -0.3 is 5.32 Å². The number of aliphatic imine (C=N–C) groups is 1. The topological polar surface area (TPSA) is 58.3 Å². The summed E-state index contributed by atoms with van der Waals surface area (Å²) in [6, 6.07) is 2.36. The summed E-state index contributed by atoms with van der Waals surface area (Å²) in [6.07, 6.45) is 22.7. The maximum Gasteiger partial charge on any atom is 0.134 e. The number of hydrogen-bond donors (Lipinski definition) is 1. The van der Waals surface area contributed by atoms with E-state index in [1.54, 1.807) is 6.20 Å². The van der Waals surface area contributed by atoms with Crippen molar-refractivity contribution in [1.82, 2.24) is 19.4 Å². The number of aromatic nitrogens is 3. The summed E-state index contributed by atoms with van der Waals surface area (Å²) in [6.45, 7) is 3.60. The molecule has 5 heterocycles. The summed E-state index contributed by atoms with van der Waals surface area (Å²) in [5, 5.41) is 3.47. The molecule has 0 bridgehead atoms. The Balaban J connectivity index is 1.17. The van der Waals surface area contributed by atoms with Crippen LogP contribution in [0.25, 0.3) is 0 Å². The Labute approximate surface area is 183 Å². The number of nitrogens with one attached hydrogen (secondary N) is 1. The van der Waals surface area contributed by atoms with Crippen molar-refractivity contribution >= 4 is 11.7 Å². The van der Waals surface area contributed by atoms with Crippen LogP contribution in [0.15, 0.2) is 71.7 Å². The molecule has 6 nitrogen and oxygen atoms in total. The second-order valence-corrected chi connectivity index (χ2v) is 9.01. The van der Waals surface area contributed by atoms with Crippen LogP contribution in [0.5, 0.6) is 0 Å². The lowest BCUT2D eigenvalue weighted by molar-refractivity contribution is 0.248. The standard InChI is InChI=1S/C25H28N6/c1-2-9-30(10-3-1)16-18-4-6-19(7-5-18)20-12-22-21-13-24(31-11-8-26-17-31)27-15-23(21)29-25(22)28-14-20/h4-6,8,11-12,14-15,17,19,21H,1-3,7,9-10,13,16H2,(H,28,29). The van der Waals surface area contributed by atoms with Gasteiger partial charge in [0.2, 0.25) is 0 Å². The van der Waals surface area contributed by atoms with E-state index in [9.17, 15) is 0 Å². The van der Waals surface area contributed by atoms with E-state index in [0.717, 1.165) is 36.7 Å². The van der Waals surface area contributed by atoms with Gasteiger partial charge in [0.05, 0.1) is 0 Å². The van der Waals surface area contributed by atoms with Gasteiger partial charge in [0.15, 0.2) is 0 Å². The maximum atomic E-state index is 4.77. The number of imidazole rings is 1. The molecule has 1 aliphatic carbocycles. The van der Waals surface area contributed by atoms with Gasteiger partial charge in [0.25, 0.3) is 0 Å². The van der Waals surface area contributed by atoms with Crippen molar-refractivity contribution in [2.45, 2.75) is 43.9 Å². The van der Waals surface area contributed by atoms with Crippen LogP contribution < -0.4 is 5.32 Å². The molecule has 2 unspecified atom stereocenters. The van der Waals surface area contributed by atoms with Gasteiger partial charge >= 0.3 is 0 Å². The summed E-state index contributed by atoms with van der Waals surface area (Å²) in [5.41, 5.74) is 5.20. The van der Waals surface area contributed by atoms with Crippen molar-refractivity contribution < 1.29 is 0 Å². The third kappa shape index (κ3) is 3.65. The molecule has 2 atom stereocenters. The molecule has 158 valence electrons. The van der Waals surface area contributed by atoms with Gasteiger partial charge in [-0.05, 0) is 49.6 Å². The maximum absolute atomic E-state index is 4.77. The van der Waals surface area contributed by atoms with E-state index < -0.39 is 0 Å². The zero-order valence-electron chi connectivity index (χ0n) is 17.7. The first-order valence-electron chi connectivity index (χ1n) is 11.4. The van der Waals surface area contributed by atoms with Crippen LogP contribution in [-0.4, -0.2) is 44.9 Å². The van der Waals surface area contributed by atoms with Crippen LogP contribution in [0.4, 0.5) is 5.82 Å². The van der Waals surface area contributed by atoms with Crippen molar-refractivity contribution in [3.63, 3.8) is 0 Å². The number of anilines is 1. The molecule has 6 rings (SSSR count). The number of nitrogens with zero attached hydrogens (tertiary/aromatic N) is 5. The second-order valence-electron chi connectivity index (χ2n) is 9.01. The van der Waals surface area contributed by atoms with Crippen LogP contribution in [0.2, 0.25) is 0 Å². The van der Waals surface area contributed by atoms with Crippen molar-refractivity contribution in [1.29, 1.82) is 0 Å². The Morgan fingerprint density at radius 2 is 2.10 bits per heavy atom. The molecule has 6 heteroatoms. The van der Waals surface area contributed by atoms with Crippen molar-refractivity contribution in [3.8, 4) is 0 Å². The van der Waals surface area contributed by atoms with E-state index in [0.29, 0.717) is 5.92 Å². The zero-order chi connectivity index (χ0) is 20.6. The average molecular weight is 413 g/mol. The summed E-state index contributed by atoms with van der Waals surface area (Å²) in [5.74, 6) is 2.69. The number of piperidine rings is 1. The van der Waals surface area contributed by atoms with Crippen molar-refractivity contribution in [2.24, 2.45) is 4.99 Å². The number of allylic oxidation sites excluding steroid dienone is 3. The lowest BCUT2D eigenvalue weighted by atomic mass is 9.87. The molecule has 1 N–H and O–H groups in total. The van der Waals surface area contributed by atoms with E-state index >= 15 is 0 Å². The Morgan fingerprint density at radius 3 is 2.90 bits per heavy atom. The quantitative estimate of drug-likeness (QED) is 0.810. The molecule has 0 amide bonds. The van der Waals surface area contributed by atoms with Crippen molar-refractivity contribution in [2.75, 3.05) is 25.0 Å². The molecule has 1 fully saturated rings. The summed E-state index contributed by atoms with van der Waals surface area (Å²) in [7, 11) is 0. The molecule has 1 saturated heterocycles. The Morgan fingerprint density at radius 1 is 1.16 bits per heavy atom. The molecule has 0 radical (unpaired) electrons. The second kappa shape index (κ2) is 7.93. The molecular weight excluding hydrogens is 384 g/mol. The highest BCUT2D eigenvalue weighted by Crippen LogP contribution is 2.43. The molecular formula is C25H28N6. The van der Waals surface area contributed by atoms with Gasteiger partial charge in [-0.15, -0.1) is 0 Å². The molecule has 3 aliphatic heterocycles. The minimum atomic E-state index is 0.287. The molecule has 0 saturated carbocycles. The van der Waals surface area contributed by atoms with Crippen LogP contribution in [0.1, 0.15) is 55.1 Å². The molecule has 4 aliphatic rings. The summed E-state index contributed by atoms with van der Waals surface area (Å²) >= 11 is 0. The minimum Gasteiger partial charge on any atom is -0.342 e. The fourth-order valence-corrected chi connectivity index (χ4v) is 5.17. The highest BCUT2D eigenvalue weighted by Gasteiger charge is 2.32. The Bertz CT molecular complexity index is 1090. The van der Waals surface area contributed by atoms with E-state index in [2.05, 4.69) is 44.5 Å². The predicted octanol–water partition coefficient (Wildman–Crippen LogP) is 4.43. The third-order valence-corrected chi connectivity index (χ3v) is 6.95.